The van der Waals surface area contributed by atoms with Gasteiger partial charge in [0.2, 0.25) is 0 Å². The lowest BCUT2D eigenvalue weighted by atomic mass is 9.67. The van der Waals surface area contributed by atoms with Gasteiger partial charge in [-0.15, -0.1) is 0 Å². The van der Waals surface area contributed by atoms with Gasteiger partial charge in [0.05, 0.1) is 16.4 Å². The zero-order valence-corrected chi connectivity index (χ0v) is 31.3. The van der Waals surface area contributed by atoms with E-state index in [1.54, 1.807) is 0 Å². The summed E-state index contributed by atoms with van der Waals surface area (Å²) in [6, 6.07) is 84.2. The van der Waals surface area contributed by atoms with Crippen LogP contribution in [0, 0.1) is 0 Å². The molecule has 11 rings (SSSR count). The van der Waals surface area contributed by atoms with Gasteiger partial charge in [0.15, 0.2) is 0 Å². The summed E-state index contributed by atoms with van der Waals surface area (Å²) in [6.07, 6.45) is 0. The first-order valence-electron chi connectivity index (χ1n) is 19.7. The molecule has 1 aliphatic rings. The van der Waals surface area contributed by atoms with Gasteiger partial charge in [0, 0.05) is 33.5 Å². The highest BCUT2D eigenvalue weighted by molar-refractivity contribution is 6.10. The second kappa shape index (κ2) is 13.4. The Morgan fingerprint density at radius 1 is 0.333 bits per heavy atom. The van der Waals surface area contributed by atoms with Crippen molar-refractivity contribution in [3.05, 3.63) is 253 Å². The monoisotopic (exact) mass is 726 g/mol. The lowest BCUT2D eigenvalue weighted by Gasteiger charge is -2.35. The Morgan fingerprint density at radius 2 is 0.895 bits per heavy atom. The van der Waals surface area contributed by atoms with Crippen molar-refractivity contribution < 1.29 is 0 Å². The first kappa shape index (κ1) is 33.0. The van der Waals surface area contributed by atoms with Crippen LogP contribution in [0.3, 0.4) is 0 Å². The fraction of sp³-hybridized carbons (Fsp3) is 0.0182. The Morgan fingerprint density at radius 3 is 1.65 bits per heavy atom. The van der Waals surface area contributed by atoms with Gasteiger partial charge in [-0.25, -0.2) is 0 Å². The van der Waals surface area contributed by atoms with Crippen molar-refractivity contribution in [1.29, 1.82) is 0 Å². The van der Waals surface area contributed by atoms with Crippen molar-refractivity contribution in [3.63, 3.8) is 0 Å². The summed E-state index contributed by atoms with van der Waals surface area (Å²) in [6.45, 7) is 0. The number of nitrogens with zero attached hydrogens (tertiary/aromatic N) is 2. The van der Waals surface area contributed by atoms with Gasteiger partial charge in [-0.3, -0.25) is 0 Å². The van der Waals surface area contributed by atoms with E-state index in [1.807, 2.05) is 0 Å². The molecule has 0 aliphatic heterocycles. The summed E-state index contributed by atoms with van der Waals surface area (Å²) in [7, 11) is 0. The molecule has 10 aromatic rings. The summed E-state index contributed by atoms with van der Waals surface area (Å²) in [5.74, 6) is 0. The third-order valence-corrected chi connectivity index (χ3v) is 11.8. The fourth-order valence-electron chi connectivity index (χ4n) is 9.43. The van der Waals surface area contributed by atoms with Crippen LogP contribution in [0.4, 0.5) is 17.1 Å². The molecule has 1 aromatic heterocycles. The molecule has 1 heterocycles. The molecule has 0 atom stereocenters. The van der Waals surface area contributed by atoms with E-state index in [0.717, 1.165) is 28.3 Å². The van der Waals surface area contributed by atoms with Crippen LogP contribution in [0.25, 0.3) is 49.7 Å². The van der Waals surface area contributed by atoms with E-state index in [-0.39, 0.29) is 0 Å². The second-order valence-electron chi connectivity index (χ2n) is 14.9. The van der Waals surface area contributed by atoms with Crippen molar-refractivity contribution >= 4 is 38.9 Å². The Hall–Kier alpha value is -7.42. The molecule has 0 amide bonds. The van der Waals surface area contributed by atoms with Gasteiger partial charge >= 0.3 is 0 Å². The van der Waals surface area contributed by atoms with Crippen LogP contribution in [0.15, 0.2) is 231 Å². The van der Waals surface area contributed by atoms with Crippen LogP contribution in [0.2, 0.25) is 0 Å². The molecule has 1 aliphatic carbocycles. The predicted octanol–water partition coefficient (Wildman–Crippen LogP) is 14.3. The summed E-state index contributed by atoms with van der Waals surface area (Å²) in [4.78, 5) is 2.42. The van der Waals surface area contributed by atoms with E-state index >= 15 is 0 Å². The minimum atomic E-state index is -0.493. The molecular formula is C55H38N2. The number of para-hydroxylation sites is 2. The summed E-state index contributed by atoms with van der Waals surface area (Å²) < 4.78 is 2.43. The van der Waals surface area contributed by atoms with Gasteiger partial charge in [-0.2, -0.15) is 0 Å². The Kier molecular flexibility index (Phi) is 7.75. The number of benzene rings is 9. The van der Waals surface area contributed by atoms with Crippen LogP contribution in [0.5, 0.6) is 0 Å². The second-order valence-corrected chi connectivity index (χ2v) is 14.9. The van der Waals surface area contributed by atoms with Crippen molar-refractivity contribution in [2.45, 2.75) is 5.41 Å². The van der Waals surface area contributed by atoms with Crippen LogP contribution < -0.4 is 4.90 Å². The van der Waals surface area contributed by atoms with Gasteiger partial charge in [-0.1, -0.05) is 176 Å². The van der Waals surface area contributed by atoms with E-state index < -0.39 is 5.41 Å². The van der Waals surface area contributed by atoms with Gasteiger partial charge in [0.25, 0.3) is 0 Å². The molecule has 0 saturated heterocycles. The van der Waals surface area contributed by atoms with Gasteiger partial charge < -0.3 is 9.47 Å². The van der Waals surface area contributed by atoms with E-state index in [0.29, 0.717) is 0 Å². The van der Waals surface area contributed by atoms with Crippen molar-refractivity contribution in [1.82, 2.24) is 4.57 Å². The SMILES string of the molecule is c1ccc(-c2cccc(-n3c4ccccc4c4ccc(N(c5ccccc5)c5ccc6c(c5)C(c5ccccc5)(c5ccccc5)c5ccccc5-6)cc43)c2)cc1. The molecule has 0 unspecified atom stereocenters. The largest absolute Gasteiger partial charge is 0.310 e. The lowest BCUT2D eigenvalue weighted by molar-refractivity contribution is 0.768. The van der Waals surface area contributed by atoms with E-state index in [4.69, 9.17) is 0 Å². The molecule has 2 nitrogen and oxygen atoms in total. The van der Waals surface area contributed by atoms with E-state index in [1.165, 1.54) is 60.8 Å². The maximum Gasteiger partial charge on any atom is 0.0714 e. The standard InChI is InChI=1S/C55H38N2/c1-5-18-39(19-6-1)40-20-17-27-44(36-40)57-53-31-16-14-29-49(53)50-35-33-46(38-54(50)57)56(43-25-11-4-12-26-43)45-32-34-48-47-28-13-15-30-51(47)55(52(48)37-45,41-21-7-2-8-22-41)42-23-9-3-10-24-42/h1-38H. The number of hydrogen-bond donors (Lipinski definition) is 0. The Balaban J connectivity index is 1.15. The lowest BCUT2D eigenvalue weighted by Crippen LogP contribution is -2.28. The molecule has 9 aromatic carbocycles. The smallest absolute Gasteiger partial charge is 0.0714 e. The third-order valence-electron chi connectivity index (χ3n) is 11.8. The fourth-order valence-corrected chi connectivity index (χ4v) is 9.43. The summed E-state index contributed by atoms with van der Waals surface area (Å²) in [5, 5.41) is 2.46. The molecule has 57 heavy (non-hydrogen) atoms. The number of fused-ring (bicyclic) bond motifs is 6. The number of anilines is 3. The molecule has 0 spiro atoms. The maximum atomic E-state index is 2.45. The maximum absolute atomic E-state index is 2.45. The first-order valence-corrected chi connectivity index (χ1v) is 19.7. The molecule has 0 bridgehead atoms. The van der Waals surface area contributed by atoms with Crippen molar-refractivity contribution in [3.8, 4) is 27.9 Å². The molecule has 0 saturated carbocycles. The van der Waals surface area contributed by atoms with Crippen molar-refractivity contribution in [2.24, 2.45) is 0 Å². The Bertz CT molecular complexity index is 3020. The topological polar surface area (TPSA) is 8.17 Å². The number of hydrogen-bond acceptors (Lipinski definition) is 1. The third kappa shape index (κ3) is 5.18. The molecule has 0 fully saturated rings. The number of aromatic nitrogens is 1. The van der Waals surface area contributed by atoms with Crippen LogP contribution in [-0.2, 0) is 5.41 Å². The molecule has 0 N–H and O–H groups in total. The zero-order chi connectivity index (χ0) is 37.8. The van der Waals surface area contributed by atoms with Gasteiger partial charge in [-0.05, 0) is 99.1 Å². The number of rotatable bonds is 7. The summed E-state index contributed by atoms with van der Waals surface area (Å²) in [5.41, 5.74) is 16.4. The van der Waals surface area contributed by atoms with Crippen LogP contribution >= 0.6 is 0 Å². The molecule has 0 radical (unpaired) electrons. The minimum Gasteiger partial charge on any atom is -0.310 e. The Labute approximate surface area is 333 Å². The highest BCUT2D eigenvalue weighted by Gasteiger charge is 2.46. The quantitative estimate of drug-likeness (QED) is 0.159. The minimum absolute atomic E-state index is 0.493. The average molecular weight is 727 g/mol. The van der Waals surface area contributed by atoms with Crippen LogP contribution in [0.1, 0.15) is 22.3 Å². The summed E-state index contributed by atoms with van der Waals surface area (Å²) >= 11 is 0. The molecule has 268 valence electrons. The van der Waals surface area contributed by atoms with E-state index in [9.17, 15) is 0 Å². The highest BCUT2D eigenvalue weighted by Crippen LogP contribution is 2.57. The van der Waals surface area contributed by atoms with E-state index in [2.05, 4.69) is 240 Å². The normalized spacial score (nSPS) is 12.7. The van der Waals surface area contributed by atoms with Crippen LogP contribution in [-0.4, -0.2) is 4.57 Å². The zero-order valence-electron chi connectivity index (χ0n) is 31.3. The molecular weight excluding hydrogens is 689 g/mol. The highest BCUT2D eigenvalue weighted by atomic mass is 15.1. The first-order chi connectivity index (χ1) is 28.3. The van der Waals surface area contributed by atoms with Crippen molar-refractivity contribution in [2.75, 3.05) is 4.90 Å². The van der Waals surface area contributed by atoms with Gasteiger partial charge in [0.1, 0.15) is 0 Å². The molecule has 2 heteroatoms. The average Bonchev–Trinajstić information content (AvgIpc) is 3.78. The predicted molar refractivity (Wildman–Crippen MR) is 238 cm³/mol.